The Morgan fingerprint density at radius 2 is 2.20 bits per heavy atom. The van der Waals surface area contributed by atoms with Crippen LogP contribution in [-0.2, 0) is 6.54 Å². The van der Waals surface area contributed by atoms with Gasteiger partial charge in [0.2, 0.25) is 0 Å². The molecule has 2 rings (SSSR count). The molecule has 1 N–H and O–H groups in total. The molecule has 1 aromatic rings. The number of nitrogens with one attached hydrogen (secondary N) is 1. The quantitative estimate of drug-likeness (QED) is 0.883. The van der Waals surface area contributed by atoms with Gasteiger partial charge in [-0.2, -0.15) is 0 Å². The first-order valence-electron chi connectivity index (χ1n) is 5.24. The normalized spacial score (nSPS) is 17.8. The summed E-state index contributed by atoms with van der Waals surface area (Å²) in [6, 6.07) is 5.94. The number of hydrogen-bond acceptors (Lipinski definition) is 1. The Morgan fingerprint density at radius 1 is 1.47 bits per heavy atom. The molecule has 1 nitrogen and oxygen atoms in total. The molecule has 15 heavy (non-hydrogen) atoms. The average Bonchev–Trinajstić information content (AvgIpc) is 2.88. The minimum atomic E-state index is 0.568. The Bertz CT molecular complexity index is 361. The first kappa shape index (κ1) is 11.4. The fourth-order valence-corrected chi connectivity index (χ4v) is 2.38. The Kier molecular flexibility index (Phi) is 3.39. The molecular weight excluding hydrogens is 273 g/mol. The standard InChI is InChI=1S/C12H15BrClN/c1-12(4-5-12)8-15-7-9-2-3-10(14)6-11(9)13/h2-3,6,15H,4-5,7-8H2,1H3. The SMILES string of the molecule is CC1(CNCc2ccc(Cl)cc2Br)CC1. The van der Waals surface area contributed by atoms with E-state index in [2.05, 4.69) is 34.2 Å². The summed E-state index contributed by atoms with van der Waals surface area (Å²) in [6.45, 7) is 4.35. The van der Waals surface area contributed by atoms with E-state index in [1.807, 2.05) is 12.1 Å². The largest absolute Gasteiger partial charge is 0.312 e. The van der Waals surface area contributed by atoms with Gasteiger partial charge >= 0.3 is 0 Å². The predicted octanol–water partition coefficient (Wildman–Crippen LogP) is 3.99. The van der Waals surface area contributed by atoms with Crippen LogP contribution in [0.2, 0.25) is 5.02 Å². The maximum Gasteiger partial charge on any atom is 0.0417 e. The molecule has 0 spiro atoms. The van der Waals surface area contributed by atoms with Crippen molar-refractivity contribution in [3.63, 3.8) is 0 Å². The molecule has 1 fully saturated rings. The molecule has 0 aromatic heterocycles. The topological polar surface area (TPSA) is 12.0 Å². The number of benzene rings is 1. The van der Waals surface area contributed by atoms with Gasteiger partial charge in [-0.05, 0) is 36.0 Å². The number of halogens is 2. The summed E-state index contributed by atoms with van der Waals surface area (Å²) in [5.41, 5.74) is 1.84. The molecule has 0 unspecified atom stereocenters. The summed E-state index contributed by atoms with van der Waals surface area (Å²) < 4.78 is 1.09. The van der Waals surface area contributed by atoms with Crippen molar-refractivity contribution in [1.82, 2.24) is 5.32 Å². The van der Waals surface area contributed by atoms with Crippen molar-refractivity contribution in [1.29, 1.82) is 0 Å². The fourth-order valence-electron chi connectivity index (χ4n) is 1.55. The summed E-state index contributed by atoms with van der Waals surface area (Å²) in [7, 11) is 0. The second kappa shape index (κ2) is 4.44. The second-order valence-corrected chi connectivity index (χ2v) is 5.94. The third kappa shape index (κ3) is 3.20. The van der Waals surface area contributed by atoms with Crippen LogP contribution in [0.25, 0.3) is 0 Å². The van der Waals surface area contributed by atoms with Gasteiger partial charge in [0.15, 0.2) is 0 Å². The van der Waals surface area contributed by atoms with E-state index < -0.39 is 0 Å². The lowest BCUT2D eigenvalue weighted by Crippen LogP contribution is -2.21. The average molecular weight is 289 g/mol. The molecule has 3 heteroatoms. The van der Waals surface area contributed by atoms with Gasteiger partial charge in [-0.15, -0.1) is 0 Å². The lowest BCUT2D eigenvalue weighted by atomic mass is 10.1. The molecule has 1 saturated carbocycles. The van der Waals surface area contributed by atoms with Crippen LogP contribution >= 0.6 is 27.5 Å². The van der Waals surface area contributed by atoms with Crippen LogP contribution in [0.3, 0.4) is 0 Å². The van der Waals surface area contributed by atoms with Crippen LogP contribution < -0.4 is 5.32 Å². The summed E-state index contributed by atoms with van der Waals surface area (Å²) in [4.78, 5) is 0. The lowest BCUT2D eigenvalue weighted by Gasteiger charge is -2.11. The van der Waals surface area contributed by atoms with E-state index >= 15 is 0 Å². The highest BCUT2D eigenvalue weighted by molar-refractivity contribution is 9.10. The zero-order chi connectivity index (χ0) is 10.9. The molecule has 0 saturated heterocycles. The Morgan fingerprint density at radius 3 is 2.80 bits per heavy atom. The molecule has 1 aromatic carbocycles. The number of hydrogen-bond donors (Lipinski definition) is 1. The van der Waals surface area contributed by atoms with Gasteiger partial charge in [0, 0.05) is 22.6 Å². The third-order valence-corrected chi connectivity index (χ3v) is 3.96. The van der Waals surface area contributed by atoms with Gasteiger partial charge in [-0.25, -0.2) is 0 Å². The molecule has 0 atom stereocenters. The fraction of sp³-hybridized carbons (Fsp3) is 0.500. The van der Waals surface area contributed by atoms with Crippen molar-refractivity contribution >= 4 is 27.5 Å². The van der Waals surface area contributed by atoms with Crippen molar-refractivity contribution in [2.45, 2.75) is 26.3 Å². The first-order chi connectivity index (χ1) is 7.09. The Labute approximate surface area is 104 Å². The highest BCUT2D eigenvalue weighted by Crippen LogP contribution is 2.44. The van der Waals surface area contributed by atoms with Gasteiger partial charge in [0.1, 0.15) is 0 Å². The van der Waals surface area contributed by atoms with Gasteiger partial charge in [0.05, 0.1) is 0 Å². The van der Waals surface area contributed by atoms with E-state index in [0.29, 0.717) is 5.41 Å². The summed E-state index contributed by atoms with van der Waals surface area (Å²) >= 11 is 9.40. The van der Waals surface area contributed by atoms with Crippen LogP contribution in [0.4, 0.5) is 0 Å². The smallest absolute Gasteiger partial charge is 0.0417 e. The summed E-state index contributed by atoms with van der Waals surface area (Å²) in [6.07, 6.45) is 2.73. The van der Waals surface area contributed by atoms with Crippen LogP contribution in [0, 0.1) is 5.41 Å². The van der Waals surface area contributed by atoms with Crippen LogP contribution in [0.15, 0.2) is 22.7 Å². The van der Waals surface area contributed by atoms with Crippen LogP contribution in [-0.4, -0.2) is 6.54 Å². The molecule has 0 heterocycles. The summed E-state index contributed by atoms with van der Waals surface area (Å²) in [5.74, 6) is 0. The van der Waals surface area contributed by atoms with Gasteiger partial charge in [-0.1, -0.05) is 40.5 Å². The van der Waals surface area contributed by atoms with Crippen LogP contribution in [0.5, 0.6) is 0 Å². The maximum atomic E-state index is 5.88. The zero-order valence-corrected chi connectivity index (χ0v) is 11.2. The van der Waals surface area contributed by atoms with Crippen molar-refractivity contribution in [2.24, 2.45) is 5.41 Å². The van der Waals surface area contributed by atoms with E-state index in [1.54, 1.807) is 0 Å². The Hall–Kier alpha value is -0.0500. The molecule has 0 amide bonds. The van der Waals surface area contributed by atoms with Gasteiger partial charge < -0.3 is 5.32 Å². The second-order valence-electron chi connectivity index (χ2n) is 4.65. The minimum absolute atomic E-state index is 0.568. The molecule has 1 aliphatic carbocycles. The monoisotopic (exact) mass is 287 g/mol. The first-order valence-corrected chi connectivity index (χ1v) is 6.41. The van der Waals surface area contributed by atoms with E-state index in [4.69, 9.17) is 11.6 Å². The zero-order valence-electron chi connectivity index (χ0n) is 8.82. The molecule has 1 aliphatic rings. The van der Waals surface area contributed by atoms with Crippen molar-refractivity contribution in [3.05, 3.63) is 33.3 Å². The van der Waals surface area contributed by atoms with Crippen molar-refractivity contribution in [3.8, 4) is 0 Å². The highest BCUT2D eigenvalue weighted by Gasteiger charge is 2.36. The van der Waals surface area contributed by atoms with E-state index in [1.165, 1.54) is 18.4 Å². The number of rotatable bonds is 4. The van der Waals surface area contributed by atoms with Crippen LogP contribution in [0.1, 0.15) is 25.3 Å². The molecule has 0 bridgehead atoms. The van der Waals surface area contributed by atoms with Crippen molar-refractivity contribution in [2.75, 3.05) is 6.54 Å². The molecule has 82 valence electrons. The van der Waals surface area contributed by atoms with Crippen molar-refractivity contribution < 1.29 is 0 Å². The molecule has 0 radical (unpaired) electrons. The molecular formula is C12H15BrClN. The summed E-state index contributed by atoms with van der Waals surface area (Å²) in [5, 5.41) is 4.27. The van der Waals surface area contributed by atoms with E-state index in [9.17, 15) is 0 Å². The van der Waals surface area contributed by atoms with E-state index in [-0.39, 0.29) is 0 Å². The van der Waals surface area contributed by atoms with E-state index in [0.717, 1.165) is 22.6 Å². The van der Waals surface area contributed by atoms with Gasteiger partial charge in [-0.3, -0.25) is 0 Å². The molecule has 0 aliphatic heterocycles. The van der Waals surface area contributed by atoms with Gasteiger partial charge in [0.25, 0.3) is 0 Å². The maximum absolute atomic E-state index is 5.88. The predicted molar refractivity (Wildman–Crippen MR) is 68.2 cm³/mol. The Balaban J connectivity index is 1.87. The highest BCUT2D eigenvalue weighted by atomic mass is 79.9. The minimum Gasteiger partial charge on any atom is -0.312 e. The third-order valence-electron chi connectivity index (χ3n) is 2.99. The lowest BCUT2D eigenvalue weighted by molar-refractivity contribution is 0.499.